The lowest BCUT2D eigenvalue weighted by Crippen LogP contribution is -2.46. The molecule has 3 atom stereocenters. The molecule has 6 rings (SSSR count). The van der Waals surface area contributed by atoms with E-state index in [0.29, 0.717) is 50.5 Å². The van der Waals surface area contributed by atoms with E-state index in [1.165, 1.54) is 11.6 Å². The molecule has 12 heteroatoms. The Hall–Kier alpha value is -4.06. The molecule has 0 unspecified atom stereocenters. The second kappa shape index (κ2) is 9.54. The zero-order valence-corrected chi connectivity index (χ0v) is 24.1. The third-order valence-electron chi connectivity index (χ3n) is 7.79. The number of rotatable bonds is 6. The van der Waals surface area contributed by atoms with Gasteiger partial charge in [-0.1, -0.05) is 13.0 Å². The van der Waals surface area contributed by atoms with Gasteiger partial charge in [-0.25, -0.2) is 15.0 Å². The molecule has 0 bridgehead atoms. The molecule has 1 aliphatic heterocycles. The second-order valence-electron chi connectivity index (χ2n) is 10.8. The smallest absolute Gasteiger partial charge is 0.248 e. The number of ketones is 1. The number of aromatic nitrogens is 6. The van der Waals surface area contributed by atoms with E-state index in [1.807, 2.05) is 6.92 Å². The number of aryl methyl sites for hydroxylation is 2. The Morgan fingerprint density at radius 1 is 1.12 bits per heavy atom. The molecule has 1 aliphatic carbocycles. The quantitative estimate of drug-likeness (QED) is 0.259. The van der Waals surface area contributed by atoms with Crippen molar-refractivity contribution in [2.45, 2.75) is 59.2 Å². The summed E-state index contributed by atoms with van der Waals surface area (Å²) in [7, 11) is 0. The van der Waals surface area contributed by atoms with E-state index in [4.69, 9.17) is 4.98 Å². The zero-order valence-electron chi connectivity index (χ0n) is 22.5. The Balaban J connectivity index is 1.32. The van der Waals surface area contributed by atoms with Crippen LogP contribution in [0.3, 0.4) is 0 Å². The number of nitrogens with zero attached hydrogens (tertiary/aromatic N) is 7. The molecular weight excluding hydrogens is 576 g/mol. The molecule has 1 saturated carbocycles. The van der Waals surface area contributed by atoms with Crippen molar-refractivity contribution in [1.82, 2.24) is 34.6 Å². The fourth-order valence-electron chi connectivity index (χ4n) is 5.70. The van der Waals surface area contributed by atoms with Gasteiger partial charge in [0.1, 0.15) is 34.5 Å². The number of carbonyl (C=O) groups excluding carboxylic acids is 3. The first-order valence-electron chi connectivity index (χ1n) is 13.0. The molecule has 40 heavy (non-hydrogen) atoms. The number of piperidine rings is 1. The van der Waals surface area contributed by atoms with Crippen LogP contribution in [0.2, 0.25) is 0 Å². The van der Waals surface area contributed by atoms with Crippen molar-refractivity contribution in [3.63, 3.8) is 0 Å². The first-order chi connectivity index (χ1) is 19.0. The third kappa shape index (κ3) is 4.55. The summed E-state index contributed by atoms with van der Waals surface area (Å²) in [5, 5.41) is 8.01. The molecule has 11 nitrogen and oxygen atoms in total. The van der Waals surface area contributed by atoms with Gasteiger partial charge in [0.05, 0.1) is 16.9 Å². The Morgan fingerprint density at radius 3 is 2.58 bits per heavy atom. The van der Waals surface area contributed by atoms with Crippen molar-refractivity contribution in [3.05, 3.63) is 58.5 Å². The molecule has 5 heterocycles. The summed E-state index contributed by atoms with van der Waals surface area (Å²) >= 11 is 3.32. The molecule has 1 N–H and O–H groups in total. The average Bonchev–Trinajstić information content (AvgIpc) is 3.25. The number of pyridine rings is 2. The maximum absolute atomic E-state index is 13.8. The SMILES string of the molecule is CC(=O)c1nn(CC(=O)N2[C@H](C(=O)Nc3cccc(Br)n3)C[C@@]3(C)C[C@@H]23)c2c(C)nc(-c3cnc(C)nc3)cc12. The number of likely N-dealkylation sites (tertiary alicyclic amines) is 1. The third-order valence-corrected chi connectivity index (χ3v) is 8.23. The van der Waals surface area contributed by atoms with Crippen LogP contribution in [0.15, 0.2) is 41.3 Å². The van der Waals surface area contributed by atoms with Crippen molar-refractivity contribution in [2.24, 2.45) is 5.41 Å². The Morgan fingerprint density at radius 2 is 1.88 bits per heavy atom. The first-order valence-corrected chi connectivity index (χ1v) is 13.8. The molecule has 2 amide bonds. The Bertz CT molecular complexity index is 1700. The van der Waals surface area contributed by atoms with Gasteiger partial charge in [-0.05, 0) is 66.2 Å². The van der Waals surface area contributed by atoms with Crippen LogP contribution in [0.5, 0.6) is 0 Å². The van der Waals surface area contributed by atoms with Gasteiger partial charge < -0.3 is 10.2 Å². The van der Waals surface area contributed by atoms with Gasteiger partial charge in [-0.2, -0.15) is 5.10 Å². The molecule has 204 valence electrons. The average molecular weight is 603 g/mol. The Labute approximate surface area is 238 Å². The largest absolute Gasteiger partial charge is 0.325 e. The first kappa shape index (κ1) is 26.2. The monoisotopic (exact) mass is 602 g/mol. The van der Waals surface area contributed by atoms with Gasteiger partial charge in [0.15, 0.2) is 5.78 Å². The maximum atomic E-state index is 13.8. The van der Waals surface area contributed by atoms with Crippen molar-refractivity contribution >= 4 is 50.2 Å². The lowest BCUT2D eigenvalue weighted by atomic mass is 10.0. The summed E-state index contributed by atoms with van der Waals surface area (Å²) in [4.78, 5) is 58.9. The number of hydrogen-bond donors (Lipinski definition) is 1. The highest BCUT2D eigenvalue weighted by molar-refractivity contribution is 9.10. The lowest BCUT2D eigenvalue weighted by Gasteiger charge is -2.27. The zero-order chi connectivity index (χ0) is 28.3. The van der Waals surface area contributed by atoms with Crippen LogP contribution in [0, 0.1) is 19.3 Å². The van der Waals surface area contributed by atoms with Gasteiger partial charge >= 0.3 is 0 Å². The molecule has 0 spiro atoms. The van der Waals surface area contributed by atoms with Crippen LogP contribution >= 0.6 is 15.9 Å². The second-order valence-corrected chi connectivity index (χ2v) is 11.6. The van der Waals surface area contributed by atoms with Crippen LogP contribution in [0.25, 0.3) is 22.2 Å². The summed E-state index contributed by atoms with van der Waals surface area (Å²) in [5.41, 5.74) is 2.72. The number of halogens is 1. The predicted octanol–water partition coefficient (Wildman–Crippen LogP) is 3.88. The van der Waals surface area contributed by atoms with E-state index in [-0.39, 0.29) is 41.3 Å². The number of Topliss-reactive ketones (excluding diaryl/α,β-unsaturated/α-hetero) is 1. The molecule has 2 aliphatic rings. The minimum Gasteiger partial charge on any atom is -0.325 e. The number of nitrogens with one attached hydrogen (secondary N) is 1. The fourth-order valence-corrected chi connectivity index (χ4v) is 6.05. The number of fused-ring (bicyclic) bond motifs is 2. The van der Waals surface area contributed by atoms with Crippen LogP contribution in [0.4, 0.5) is 5.82 Å². The molecule has 4 aromatic rings. The summed E-state index contributed by atoms with van der Waals surface area (Å²) in [6.45, 7) is 7.05. The van der Waals surface area contributed by atoms with Crippen molar-refractivity contribution in [1.29, 1.82) is 0 Å². The van der Waals surface area contributed by atoms with E-state index >= 15 is 0 Å². The summed E-state index contributed by atoms with van der Waals surface area (Å²) in [5.74, 6) is 0.333. The normalized spacial score (nSPS) is 21.4. The maximum Gasteiger partial charge on any atom is 0.248 e. The lowest BCUT2D eigenvalue weighted by molar-refractivity contribution is -0.138. The number of hydrogen-bond acceptors (Lipinski definition) is 8. The minimum absolute atomic E-state index is 0.0207. The molecule has 2 fully saturated rings. The highest BCUT2D eigenvalue weighted by Gasteiger charge is 2.64. The summed E-state index contributed by atoms with van der Waals surface area (Å²) < 4.78 is 2.14. The molecule has 0 radical (unpaired) electrons. The van der Waals surface area contributed by atoms with Crippen molar-refractivity contribution < 1.29 is 14.4 Å². The molecule has 4 aromatic heterocycles. The summed E-state index contributed by atoms with van der Waals surface area (Å²) in [6.07, 6.45) is 4.79. The summed E-state index contributed by atoms with van der Waals surface area (Å²) in [6, 6.07) is 6.40. The van der Waals surface area contributed by atoms with Crippen LogP contribution in [0.1, 0.15) is 48.7 Å². The molecule has 1 saturated heterocycles. The van der Waals surface area contributed by atoms with Gasteiger partial charge in [-0.15, -0.1) is 0 Å². The van der Waals surface area contributed by atoms with Gasteiger partial charge in [0.2, 0.25) is 11.8 Å². The van der Waals surface area contributed by atoms with Crippen LogP contribution in [-0.4, -0.2) is 64.3 Å². The van der Waals surface area contributed by atoms with Crippen molar-refractivity contribution in [3.8, 4) is 11.3 Å². The Kier molecular flexibility index (Phi) is 6.25. The number of amides is 2. The highest BCUT2D eigenvalue weighted by Crippen LogP contribution is 2.59. The van der Waals surface area contributed by atoms with Crippen LogP contribution < -0.4 is 5.32 Å². The topological polar surface area (TPSA) is 136 Å². The predicted molar refractivity (Wildman–Crippen MR) is 150 cm³/mol. The standard InChI is InChI=1S/C28H27BrN8O3/c1-14-26-18(8-19(32-14)17-11-30-16(3)31-12-17)25(15(2)38)35-36(26)13-24(39)37-20(9-28(4)10-21(28)37)27(40)34-23-7-5-6-22(29)33-23/h5-8,11-12,20-21H,9-10,13H2,1-4H3,(H,33,34,40)/t20-,21+,28-/m0/s1. The van der Waals surface area contributed by atoms with E-state index in [0.717, 1.165) is 6.42 Å². The van der Waals surface area contributed by atoms with Gasteiger partial charge in [-0.3, -0.25) is 24.0 Å². The minimum atomic E-state index is -0.626. The van der Waals surface area contributed by atoms with Gasteiger partial charge in [0, 0.05) is 36.3 Å². The van der Waals surface area contributed by atoms with E-state index < -0.39 is 6.04 Å². The van der Waals surface area contributed by atoms with Gasteiger partial charge in [0.25, 0.3) is 0 Å². The molecule has 0 aromatic carbocycles. The fraction of sp³-hybridized carbons (Fsp3) is 0.357. The van der Waals surface area contributed by atoms with E-state index in [9.17, 15) is 14.4 Å². The van der Waals surface area contributed by atoms with Crippen molar-refractivity contribution in [2.75, 3.05) is 5.32 Å². The van der Waals surface area contributed by atoms with E-state index in [2.05, 4.69) is 48.2 Å². The highest BCUT2D eigenvalue weighted by atomic mass is 79.9. The van der Waals surface area contributed by atoms with Crippen LogP contribution in [-0.2, 0) is 16.1 Å². The molecular formula is C28H27BrN8O3. The van der Waals surface area contributed by atoms with E-state index in [1.54, 1.807) is 48.5 Å². The number of carbonyl (C=O) groups is 3. The number of anilines is 1.